The monoisotopic (exact) mass is 372 g/mol. The largest absolute Gasteiger partial charge is 0.381 e. The number of benzene rings is 2. The summed E-state index contributed by atoms with van der Waals surface area (Å²) in [6, 6.07) is 16.0. The number of para-hydroxylation sites is 1. The third-order valence-electron chi connectivity index (χ3n) is 4.69. The predicted molar refractivity (Wildman–Crippen MR) is 108 cm³/mol. The number of carbonyl (C=O) groups is 1. The molecule has 2 aromatic carbocycles. The second kappa shape index (κ2) is 8.43. The van der Waals surface area contributed by atoms with Gasteiger partial charge in [0.05, 0.1) is 10.6 Å². The molecule has 1 unspecified atom stereocenters. The van der Waals surface area contributed by atoms with E-state index in [1.807, 2.05) is 18.2 Å². The molecule has 5 nitrogen and oxygen atoms in total. The zero-order valence-corrected chi connectivity index (χ0v) is 15.7. The van der Waals surface area contributed by atoms with Gasteiger partial charge in [-0.2, -0.15) is 0 Å². The van der Waals surface area contributed by atoms with Gasteiger partial charge in [-0.3, -0.25) is 9.69 Å². The van der Waals surface area contributed by atoms with Gasteiger partial charge in [0.1, 0.15) is 0 Å². The Morgan fingerprint density at radius 2 is 1.81 bits per heavy atom. The molecule has 1 heterocycles. The van der Waals surface area contributed by atoms with Crippen LogP contribution in [-0.4, -0.2) is 49.6 Å². The quantitative estimate of drug-likeness (QED) is 0.818. The Hall–Kier alpha value is -2.24. The summed E-state index contributed by atoms with van der Waals surface area (Å²) < 4.78 is 0. The molecule has 0 bridgehead atoms. The lowest BCUT2D eigenvalue weighted by Gasteiger charge is -2.37. The third kappa shape index (κ3) is 4.48. The summed E-state index contributed by atoms with van der Waals surface area (Å²) in [6.07, 6.45) is 0. The average molecular weight is 373 g/mol. The average Bonchev–Trinajstić information content (AvgIpc) is 2.63. The summed E-state index contributed by atoms with van der Waals surface area (Å²) in [4.78, 5) is 16.5. The molecule has 6 heteroatoms. The molecular formula is C20H25ClN4O. The zero-order chi connectivity index (χ0) is 18.5. The van der Waals surface area contributed by atoms with E-state index in [0.29, 0.717) is 16.3 Å². The van der Waals surface area contributed by atoms with Crippen LogP contribution in [0.15, 0.2) is 48.5 Å². The Balaban J connectivity index is 1.55. The van der Waals surface area contributed by atoms with Crippen molar-refractivity contribution in [1.82, 2.24) is 4.90 Å². The Morgan fingerprint density at radius 3 is 2.46 bits per heavy atom. The number of anilines is 2. The Bertz CT molecular complexity index is 745. The van der Waals surface area contributed by atoms with Crippen LogP contribution in [0.25, 0.3) is 0 Å². The first-order valence-electron chi connectivity index (χ1n) is 8.92. The van der Waals surface area contributed by atoms with Gasteiger partial charge >= 0.3 is 0 Å². The number of piperazine rings is 1. The van der Waals surface area contributed by atoms with Crippen LogP contribution < -0.4 is 16.0 Å². The molecule has 2 aromatic rings. The van der Waals surface area contributed by atoms with Crippen molar-refractivity contribution in [2.45, 2.75) is 13.0 Å². The second-order valence-electron chi connectivity index (χ2n) is 6.70. The number of amides is 1. The first-order valence-corrected chi connectivity index (χ1v) is 9.29. The molecule has 1 amide bonds. The number of nitrogens with zero attached hydrogens (tertiary/aromatic N) is 2. The minimum absolute atomic E-state index is 0.176. The Kier molecular flexibility index (Phi) is 6.01. The first kappa shape index (κ1) is 18.5. The lowest BCUT2D eigenvalue weighted by molar-refractivity contribution is 0.100. The molecule has 0 radical (unpaired) electrons. The second-order valence-corrected chi connectivity index (χ2v) is 7.10. The molecule has 1 atom stereocenters. The number of hydrogen-bond acceptors (Lipinski definition) is 4. The number of primary amides is 1. The normalized spacial score (nSPS) is 16.3. The minimum atomic E-state index is -0.512. The van der Waals surface area contributed by atoms with E-state index in [-0.39, 0.29) is 6.04 Å². The van der Waals surface area contributed by atoms with Crippen molar-refractivity contribution in [1.29, 1.82) is 0 Å². The molecule has 1 aliphatic heterocycles. The molecule has 0 spiro atoms. The van der Waals surface area contributed by atoms with Crippen LogP contribution in [0.2, 0.25) is 5.02 Å². The summed E-state index contributed by atoms with van der Waals surface area (Å²) in [5.41, 5.74) is 7.80. The highest BCUT2D eigenvalue weighted by Gasteiger charge is 2.20. The molecule has 138 valence electrons. The van der Waals surface area contributed by atoms with Crippen molar-refractivity contribution in [3.05, 3.63) is 59.1 Å². The highest BCUT2D eigenvalue weighted by Crippen LogP contribution is 2.24. The van der Waals surface area contributed by atoms with Crippen molar-refractivity contribution < 1.29 is 4.79 Å². The fourth-order valence-corrected chi connectivity index (χ4v) is 3.69. The number of carbonyl (C=O) groups excluding carboxylic acids is 1. The molecular weight excluding hydrogens is 348 g/mol. The topological polar surface area (TPSA) is 61.6 Å². The van der Waals surface area contributed by atoms with Crippen LogP contribution in [0.1, 0.15) is 17.3 Å². The lowest BCUT2D eigenvalue weighted by atomic mass is 10.1. The van der Waals surface area contributed by atoms with Gasteiger partial charge in [-0.05, 0) is 31.2 Å². The van der Waals surface area contributed by atoms with Crippen LogP contribution in [0.4, 0.5) is 11.4 Å². The molecule has 3 N–H and O–H groups in total. The molecule has 1 aliphatic rings. The Labute approximate surface area is 159 Å². The van der Waals surface area contributed by atoms with Crippen molar-refractivity contribution in [3.8, 4) is 0 Å². The van der Waals surface area contributed by atoms with E-state index in [0.717, 1.165) is 32.7 Å². The molecule has 0 aromatic heterocycles. The maximum Gasteiger partial charge on any atom is 0.252 e. The summed E-state index contributed by atoms with van der Waals surface area (Å²) >= 11 is 6.12. The van der Waals surface area contributed by atoms with Gasteiger partial charge in [0.2, 0.25) is 0 Å². The van der Waals surface area contributed by atoms with Crippen molar-refractivity contribution in [3.63, 3.8) is 0 Å². The third-order valence-corrected chi connectivity index (χ3v) is 5.00. The highest BCUT2D eigenvalue weighted by atomic mass is 35.5. The van der Waals surface area contributed by atoms with Gasteiger partial charge in [-0.15, -0.1) is 0 Å². The maximum atomic E-state index is 11.7. The lowest BCUT2D eigenvalue weighted by Crippen LogP contribution is -2.49. The van der Waals surface area contributed by atoms with Crippen LogP contribution in [0, 0.1) is 0 Å². The minimum Gasteiger partial charge on any atom is -0.381 e. The van der Waals surface area contributed by atoms with E-state index in [1.54, 1.807) is 6.07 Å². The molecule has 3 rings (SSSR count). The number of nitrogens with one attached hydrogen (secondary N) is 1. The van der Waals surface area contributed by atoms with Gasteiger partial charge in [0.15, 0.2) is 0 Å². The fraction of sp³-hybridized carbons (Fsp3) is 0.350. The molecule has 0 aliphatic carbocycles. The van der Waals surface area contributed by atoms with E-state index in [9.17, 15) is 4.79 Å². The smallest absolute Gasteiger partial charge is 0.252 e. The van der Waals surface area contributed by atoms with Crippen LogP contribution >= 0.6 is 11.6 Å². The number of rotatable bonds is 6. The van der Waals surface area contributed by atoms with Crippen LogP contribution in [0.5, 0.6) is 0 Å². The van der Waals surface area contributed by atoms with E-state index in [1.165, 1.54) is 5.69 Å². The standard InChI is InChI=1S/C20H25ClN4O/c1-15(23-18-9-5-8-17(21)19(18)20(22)26)14-24-10-12-25(13-11-24)16-6-3-2-4-7-16/h2-9,15,23H,10-14H2,1H3,(H2,22,26). The van der Waals surface area contributed by atoms with Crippen LogP contribution in [0.3, 0.4) is 0 Å². The Morgan fingerprint density at radius 1 is 1.12 bits per heavy atom. The molecule has 26 heavy (non-hydrogen) atoms. The SMILES string of the molecule is CC(CN1CCN(c2ccccc2)CC1)Nc1cccc(Cl)c1C(N)=O. The van der Waals surface area contributed by atoms with E-state index >= 15 is 0 Å². The van der Waals surface area contributed by atoms with E-state index in [4.69, 9.17) is 17.3 Å². The van der Waals surface area contributed by atoms with Gasteiger partial charge < -0.3 is 16.0 Å². The van der Waals surface area contributed by atoms with E-state index in [2.05, 4.69) is 46.3 Å². The van der Waals surface area contributed by atoms with Gasteiger partial charge in [0.25, 0.3) is 5.91 Å². The number of nitrogens with two attached hydrogens (primary N) is 1. The summed E-state index contributed by atoms with van der Waals surface area (Å²) in [5, 5.41) is 3.76. The molecule has 1 saturated heterocycles. The number of halogens is 1. The van der Waals surface area contributed by atoms with Crippen molar-refractivity contribution in [2.24, 2.45) is 5.73 Å². The summed E-state index contributed by atoms with van der Waals surface area (Å²) in [7, 11) is 0. The van der Waals surface area contributed by atoms with Crippen molar-refractivity contribution >= 4 is 28.9 Å². The van der Waals surface area contributed by atoms with E-state index < -0.39 is 5.91 Å². The highest BCUT2D eigenvalue weighted by molar-refractivity contribution is 6.34. The van der Waals surface area contributed by atoms with Gasteiger partial charge in [0, 0.05) is 50.1 Å². The summed E-state index contributed by atoms with van der Waals surface area (Å²) in [5.74, 6) is -0.512. The van der Waals surface area contributed by atoms with Gasteiger partial charge in [-0.1, -0.05) is 35.9 Å². The first-order chi connectivity index (χ1) is 12.5. The maximum absolute atomic E-state index is 11.7. The molecule has 1 fully saturated rings. The van der Waals surface area contributed by atoms with Crippen LogP contribution in [-0.2, 0) is 0 Å². The number of hydrogen-bond donors (Lipinski definition) is 2. The zero-order valence-electron chi connectivity index (χ0n) is 15.0. The fourth-order valence-electron chi connectivity index (χ4n) is 3.42. The van der Waals surface area contributed by atoms with Crippen molar-refractivity contribution in [2.75, 3.05) is 42.9 Å². The predicted octanol–water partition coefficient (Wildman–Crippen LogP) is 3.06. The molecule has 0 saturated carbocycles. The summed E-state index contributed by atoms with van der Waals surface area (Å²) in [6.45, 7) is 7.06. The van der Waals surface area contributed by atoms with Gasteiger partial charge in [-0.25, -0.2) is 0 Å².